The summed E-state index contributed by atoms with van der Waals surface area (Å²) in [6.07, 6.45) is 2.71. The molecule has 29 heavy (non-hydrogen) atoms. The van der Waals surface area contributed by atoms with Gasteiger partial charge in [0.1, 0.15) is 11.5 Å². The summed E-state index contributed by atoms with van der Waals surface area (Å²) in [5.41, 5.74) is 9.45. The van der Waals surface area contributed by atoms with Crippen molar-refractivity contribution in [1.29, 1.82) is 0 Å². The Morgan fingerprint density at radius 3 is 2.62 bits per heavy atom. The quantitative estimate of drug-likeness (QED) is 0.657. The van der Waals surface area contributed by atoms with Crippen LogP contribution >= 0.6 is 0 Å². The maximum absolute atomic E-state index is 14.6. The number of carbonyl (C=O) groups excluding carboxylic acids is 1. The van der Waals surface area contributed by atoms with Gasteiger partial charge in [0.05, 0.1) is 5.52 Å². The molecule has 0 radical (unpaired) electrons. The molecule has 2 aromatic carbocycles. The molecule has 0 aliphatic carbocycles. The van der Waals surface area contributed by atoms with Crippen LogP contribution in [0.1, 0.15) is 28.0 Å². The Hall–Kier alpha value is -2.90. The van der Waals surface area contributed by atoms with Gasteiger partial charge in [-0.25, -0.2) is 4.39 Å². The number of hydrogen-bond acceptors (Lipinski definition) is 3. The fourth-order valence-electron chi connectivity index (χ4n) is 4.00. The third kappa shape index (κ3) is 3.84. The molecule has 7 heteroatoms. The highest BCUT2D eigenvalue weighted by Crippen LogP contribution is 2.33. The first-order chi connectivity index (χ1) is 13.9. The van der Waals surface area contributed by atoms with Crippen molar-refractivity contribution in [2.24, 2.45) is 5.73 Å². The fourth-order valence-corrected chi connectivity index (χ4v) is 4.00. The van der Waals surface area contributed by atoms with Crippen LogP contribution in [0.4, 0.5) is 4.39 Å². The molecule has 3 N–H and O–H groups in total. The second-order valence-electron chi connectivity index (χ2n) is 7.46. The van der Waals surface area contributed by atoms with E-state index in [1.54, 1.807) is 17.5 Å². The molecule has 0 fully saturated rings. The summed E-state index contributed by atoms with van der Waals surface area (Å²) < 4.78 is 16.4. The maximum atomic E-state index is 14.6. The molecule has 0 atom stereocenters. The van der Waals surface area contributed by atoms with E-state index in [4.69, 9.17) is 5.73 Å². The van der Waals surface area contributed by atoms with Gasteiger partial charge in [-0.2, -0.15) is 0 Å². The summed E-state index contributed by atoms with van der Waals surface area (Å²) in [6, 6.07) is 14.4. The van der Waals surface area contributed by atoms with E-state index in [1.165, 1.54) is 12.1 Å². The Bertz CT molecular complexity index is 1090. The highest BCUT2D eigenvalue weighted by Gasteiger charge is 2.23. The van der Waals surface area contributed by atoms with Gasteiger partial charge in [-0.1, -0.05) is 36.4 Å². The van der Waals surface area contributed by atoms with Crippen LogP contribution < -0.4 is 5.73 Å². The minimum atomic E-state index is -0.540. The lowest BCUT2D eigenvalue weighted by Crippen LogP contribution is -2.39. The largest absolute Gasteiger partial charge is 0.437 e. The number of rotatable bonds is 5. The number of carbonyl (C=O) groups is 1. The number of hydrogen-bond donors (Lipinski definition) is 2. The minimum Gasteiger partial charge on any atom is -0.437 e. The minimum absolute atomic E-state index is 0.352. The Kier molecular flexibility index (Phi) is 5.26. The van der Waals surface area contributed by atoms with Gasteiger partial charge in [0.15, 0.2) is 0 Å². The Balaban J connectivity index is 1.83. The van der Waals surface area contributed by atoms with Crippen molar-refractivity contribution < 1.29 is 14.2 Å². The molecule has 0 unspecified atom stereocenters. The van der Waals surface area contributed by atoms with Crippen molar-refractivity contribution in [1.82, 2.24) is 9.38 Å². The van der Waals surface area contributed by atoms with Gasteiger partial charge < -0.3 is 20.1 Å². The Morgan fingerprint density at radius 2 is 2.00 bits per heavy atom. The van der Waals surface area contributed by atoms with Crippen molar-refractivity contribution in [2.75, 3.05) is 13.1 Å². The highest BCUT2D eigenvalue weighted by molar-refractivity contribution is 6.45. The number of amides is 1. The molecule has 0 saturated carbocycles. The van der Waals surface area contributed by atoms with E-state index in [1.807, 2.05) is 41.2 Å². The second-order valence-corrected chi connectivity index (χ2v) is 7.46. The molecule has 4 rings (SSSR count). The van der Waals surface area contributed by atoms with Gasteiger partial charge in [0.25, 0.3) is 5.91 Å². The van der Waals surface area contributed by atoms with Crippen LogP contribution in [0.25, 0.3) is 16.5 Å². The van der Waals surface area contributed by atoms with Crippen LogP contribution in [0.5, 0.6) is 0 Å². The van der Waals surface area contributed by atoms with E-state index in [9.17, 15) is 14.2 Å². The number of aromatic nitrogens is 1. The third-order valence-electron chi connectivity index (χ3n) is 5.54. The molecule has 1 aliphatic rings. The van der Waals surface area contributed by atoms with Gasteiger partial charge in [0.2, 0.25) is 0 Å². The van der Waals surface area contributed by atoms with Crippen molar-refractivity contribution in [3.05, 3.63) is 77.2 Å². The standard InChI is InChI=1S/C22H23BFN3O2/c1-23(29)26-9-7-16(8-10-26)18-11-17(24)12-20-19(18)13-21(22(25)28)27(20)14-15-5-3-2-4-6-15/h2-7,11-13,29H,8-10,14H2,1H3,(H2,25,28). The third-order valence-corrected chi connectivity index (χ3v) is 5.54. The summed E-state index contributed by atoms with van der Waals surface area (Å²) in [5, 5.41) is 10.6. The monoisotopic (exact) mass is 391 g/mol. The normalized spacial score (nSPS) is 14.8. The van der Waals surface area contributed by atoms with Gasteiger partial charge in [-0.3, -0.25) is 4.79 Å². The summed E-state index contributed by atoms with van der Waals surface area (Å²) >= 11 is 0. The maximum Gasteiger partial charge on any atom is 0.376 e. The average molecular weight is 391 g/mol. The molecule has 1 aromatic heterocycles. The number of nitrogens with two attached hydrogens (primary N) is 1. The van der Waals surface area contributed by atoms with Gasteiger partial charge in [-0.05, 0) is 54.7 Å². The van der Waals surface area contributed by atoms with Gasteiger partial charge in [0, 0.05) is 18.5 Å². The lowest BCUT2D eigenvalue weighted by Gasteiger charge is -2.27. The molecule has 1 amide bonds. The Morgan fingerprint density at radius 1 is 1.24 bits per heavy atom. The lowest BCUT2D eigenvalue weighted by atomic mass is 9.82. The number of primary amides is 1. The second kappa shape index (κ2) is 7.85. The zero-order valence-corrected chi connectivity index (χ0v) is 16.3. The molecular weight excluding hydrogens is 368 g/mol. The van der Waals surface area contributed by atoms with Crippen molar-refractivity contribution in [2.45, 2.75) is 19.8 Å². The number of nitrogens with zero attached hydrogens (tertiary/aromatic N) is 2. The van der Waals surface area contributed by atoms with E-state index >= 15 is 0 Å². The van der Waals surface area contributed by atoms with Crippen LogP contribution in [0.3, 0.4) is 0 Å². The first-order valence-electron chi connectivity index (χ1n) is 9.72. The Labute approximate surface area is 169 Å². The molecule has 0 bridgehead atoms. The van der Waals surface area contributed by atoms with Crippen molar-refractivity contribution >= 4 is 29.4 Å². The summed E-state index contributed by atoms with van der Waals surface area (Å²) in [5.74, 6) is -0.892. The molecular formula is C22H23BFN3O2. The number of halogens is 1. The van der Waals surface area contributed by atoms with E-state index in [-0.39, 0.29) is 5.82 Å². The van der Waals surface area contributed by atoms with Crippen LogP contribution in [0, 0.1) is 5.82 Å². The predicted molar refractivity (Wildman–Crippen MR) is 114 cm³/mol. The van der Waals surface area contributed by atoms with Crippen molar-refractivity contribution in [3.8, 4) is 0 Å². The first kappa shape index (κ1) is 19.4. The molecule has 5 nitrogen and oxygen atoms in total. The average Bonchev–Trinajstić information content (AvgIpc) is 3.07. The molecule has 0 spiro atoms. The topological polar surface area (TPSA) is 71.5 Å². The van der Waals surface area contributed by atoms with Crippen LogP contribution in [-0.4, -0.2) is 40.4 Å². The predicted octanol–water partition coefficient (Wildman–Crippen LogP) is 3.13. The number of fused-ring (bicyclic) bond motifs is 1. The highest BCUT2D eigenvalue weighted by atomic mass is 19.1. The molecule has 3 aromatic rings. The van der Waals surface area contributed by atoms with Crippen LogP contribution in [0.15, 0.2) is 54.6 Å². The smallest absolute Gasteiger partial charge is 0.376 e. The first-order valence-corrected chi connectivity index (χ1v) is 9.72. The zero-order chi connectivity index (χ0) is 20.5. The number of benzene rings is 2. The molecule has 1 aliphatic heterocycles. The SMILES string of the molecule is CB(O)N1CC=C(c2cc(F)cc3c2cc(C(N)=O)n3Cc2ccccc2)CC1. The van der Waals surface area contributed by atoms with Crippen LogP contribution in [-0.2, 0) is 6.54 Å². The van der Waals surface area contributed by atoms with Crippen LogP contribution in [0.2, 0.25) is 6.82 Å². The molecule has 2 heterocycles. The zero-order valence-electron chi connectivity index (χ0n) is 16.3. The van der Waals surface area contributed by atoms with Crippen molar-refractivity contribution in [3.63, 3.8) is 0 Å². The summed E-state index contributed by atoms with van der Waals surface area (Å²) in [4.78, 5) is 14.1. The lowest BCUT2D eigenvalue weighted by molar-refractivity contribution is 0.0992. The van der Waals surface area contributed by atoms with E-state index in [0.717, 1.165) is 22.1 Å². The van der Waals surface area contributed by atoms with E-state index in [0.29, 0.717) is 37.3 Å². The fraction of sp³-hybridized carbons (Fsp3) is 0.227. The molecule has 148 valence electrons. The summed E-state index contributed by atoms with van der Waals surface area (Å²) in [6.45, 7) is 3.45. The van der Waals surface area contributed by atoms with E-state index in [2.05, 4.69) is 0 Å². The van der Waals surface area contributed by atoms with Gasteiger partial charge >= 0.3 is 7.05 Å². The summed E-state index contributed by atoms with van der Waals surface area (Å²) in [7, 11) is -0.520. The van der Waals surface area contributed by atoms with E-state index < -0.39 is 13.0 Å². The molecule has 0 saturated heterocycles. The van der Waals surface area contributed by atoms with Gasteiger partial charge in [-0.15, -0.1) is 0 Å².